The number of benzene rings is 2. The minimum absolute atomic E-state index is 0.0321. The van der Waals surface area contributed by atoms with Gasteiger partial charge in [-0.1, -0.05) is 18.2 Å². The van der Waals surface area contributed by atoms with Crippen molar-refractivity contribution in [1.29, 1.82) is 0 Å². The Morgan fingerprint density at radius 3 is 2.50 bits per heavy atom. The molecule has 0 spiro atoms. The van der Waals surface area contributed by atoms with E-state index in [-0.39, 0.29) is 28.6 Å². The highest BCUT2D eigenvalue weighted by atomic mass is 32.2. The third-order valence-corrected chi connectivity index (χ3v) is 5.77. The Bertz CT molecular complexity index is 1000. The molecule has 0 atom stereocenters. The van der Waals surface area contributed by atoms with Crippen LogP contribution in [0.1, 0.15) is 17.3 Å². The van der Waals surface area contributed by atoms with Gasteiger partial charge in [0.2, 0.25) is 5.91 Å². The maximum Gasteiger partial charge on any atom is 0.261 e. The third kappa shape index (κ3) is 5.37. The molecule has 0 aliphatic rings. The number of sulfonamides is 1. The van der Waals surface area contributed by atoms with Gasteiger partial charge in [-0.25, -0.2) is 8.42 Å². The molecule has 0 aromatic heterocycles. The van der Waals surface area contributed by atoms with Crippen LogP contribution in [0.25, 0.3) is 0 Å². The Morgan fingerprint density at radius 1 is 1.14 bits per heavy atom. The van der Waals surface area contributed by atoms with Crippen LogP contribution in [0.4, 0.5) is 11.4 Å². The van der Waals surface area contributed by atoms with E-state index < -0.39 is 15.9 Å². The van der Waals surface area contributed by atoms with Crippen LogP contribution in [-0.4, -0.2) is 33.0 Å². The third-order valence-electron chi connectivity index (χ3n) is 3.61. The first kappa shape index (κ1) is 21.5. The van der Waals surface area contributed by atoms with Crippen molar-refractivity contribution in [2.75, 3.05) is 22.8 Å². The second-order valence-electron chi connectivity index (χ2n) is 5.69. The van der Waals surface area contributed by atoms with Crippen molar-refractivity contribution >= 4 is 45.0 Å². The standard InChI is InChI=1S/C19H21N3O4S2/c1-4-11-20-19(24)15-7-5-6-8-16(15)22-28(25,26)14-9-10-18(27-3)17(12-14)21-13(2)23/h4-10,12,22H,1,11H2,2-3H3,(H,20,24)(H,21,23). The number of carbonyl (C=O) groups excluding carboxylic acids is 2. The lowest BCUT2D eigenvalue weighted by molar-refractivity contribution is -0.114. The van der Waals surface area contributed by atoms with E-state index in [4.69, 9.17) is 0 Å². The largest absolute Gasteiger partial charge is 0.349 e. The van der Waals surface area contributed by atoms with Crippen molar-refractivity contribution in [2.24, 2.45) is 0 Å². The predicted molar refractivity (Wildman–Crippen MR) is 112 cm³/mol. The first-order valence-electron chi connectivity index (χ1n) is 8.25. The van der Waals surface area contributed by atoms with Crippen LogP contribution < -0.4 is 15.4 Å². The number of amides is 2. The number of anilines is 2. The summed E-state index contributed by atoms with van der Waals surface area (Å²) in [4.78, 5) is 24.4. The number of para-hydroxylation sites is 1. The summed E-state index contributed by atoms with van der Waals surface area (Å²) in [5.41, 5.74) is 0.745. The van der Waals surface area contributed by atoms with E-state index in [0.29, 0.717) is 5.69 Å². The van der Waals surface area contributed by atoms with Crippen molar-refractivity contribution in [2.45, 2.75) is 16.7 Å². The number of hydrogen-bond donors (Lipinski definition) is 3. The summed E-state index contributed by atoms with van der Waals surface area (Å²) >= 11 is 1.38. The van der Waals surface area contributed by atoms with E-state index in [1.165, 1.54) is 49.0 Å². The molecule has 0 saturated heterocycles. The first-order chi connectivity index (χ1) is 13.3. The molecule has 2 aromatic carbocycles. The van der Waals surface area contributed by atoms with Gasteiger partial charge in [-0.15, -0.1) is 18.3 Å². The molecule has 7 nitrogen and oxygen atoms in total. The van der Waals surface area contributed by atoms with Crippen molar-refractivity contribution in [3.63, 3.8) is 0 Å². The maximum atomic E-state index is 12.8. The highest BCUT2D eigenvalue weighted by Gasteiger charge is 2.20. The molecule has 0 bridgehead atoms. The van der Waals surface area contributed by atoms with Crippen LogP contribution in [0.5, 0.6) is 0 Å². The Balaban J connectivity index is 2.38. The zero-order valence-corrected chi connectivity index (χ0v) is 17.1. The minimum atomic E-state index is -3.98. The lowest BCUT2D eigenvalue weighted by Gasteiger charge is -2.14. The SMILES string of the molecule is C=CCNC(=O)c1ccccc1NS(=O)(=O)c1ccc(SC)c(NC(C)=O)c1. The summed E-state index contributed by atoms with van der Waals surface area (Å²) < 4.78 is 28.1. The van der Waals surface area contributed by atoms with Crippen LogP contribution in [-0.2, 0) is 14.8 Å². The normalized spacial score (nSPS) is 10.8. The van der Waals surface area contributed by atoms with Gasteiger partial charge in [0.1, 0.15) is 0 Å². The molecule has 3 N–H and O–H groups in total. The van der Waals surface area contributed by atoms with Gasteiger partial charge in [-0.05, 0) is 36.6 Å². The molecule has 0 heterocycles. The smallest absolute Gasteiger partial charge is 0.261 e. The molecule has 0 radical (unpaired) electrons. The molecular weight excluding hydrogens is 398 g/mol. The Morgan fingerprint density at radius 2 is 1.86 bits per heavy atom. The predicted octanol–water partition coefficient (Wildman–Crippen LogP) is 3.08. The fraction of sp³-hybridized carbons (Fsp3) is 0.158. The number of carbonyl (C=O) groups is 2. The summed E-state index contributed by atoms with van der Waals surface area (Å²) in [5.74, 6) is -0.725. The fourth-order valence-corrected chi connectivity index (χ4v) is 4.02. The van der Waals surface area contributed by atoms with E-state index >= 15 is 0 Å². The average Bonchev–Trinajstić information content (AvgIpc) is 2.65. The van der Waals surface area contributed by atoms with Gasteiger partial charge in [0, 0.05) is 18.4 Å². The molecular formula is C19H21N3O4S2. The second kappa shape index (κ2) is 9.43. The number of nitrogens with one attached hydrogen (secondary N) is 3. The van der Waals surface area contributed by atoms with Crippen LogP contribution in [0.3, 0.4) is 0 Å². The van der Waals surface area contributed by atoms with Gasteiger partial charge in [0.15, 0.2) is 0 Å². The second-order valence-corrected chi connectivity index (χ2v) is 8.22. The average molecular weight is 420 g/mol. The summed E-state index contributed by atoms with van der Waals surface area (Å²) in [6, 6.07) is 10.7. The van der Waals surface area contributed by atoms with Crippen molar-refractivity contribution in [3.05, 3.63) is 60.7 Å². The Hall–Kier alpha value is -2.78. The van der Waals surface area contributed by atoms with Gasteiger partial charge in [-0.2, -0.15) is 0 Å². The molecule has 148 valence electrons. The maximum absolute atomic E-state index is 12.8. The van der Waals surface area contributed by atoms with Gasteiger partial charge >= 0.3 is 0 Å². The fourth-order valence-electron chi connectivity index (χ4n) is 2.38. The van der Waals surface area contributed by atoms with Crippen molar-refractivity contribution < 1.29 is 18.0 Å². The van der Waals surface area contributed by atoms with E-state index in [9.17, 15) is 18.0 Å². The van der Waals surface area contributed by atoms with Crippen molar-refractivity contribution in [1.82, 2.24) is 5.32 Å². The van der Waals surface area contributed by atoms with E-state index in [0.717, 1.165) is 4.90 Å². The highest BCUT2D eigenvalue weighted by molar-refractivity contribution is 7.98. The molecule has 28 heavy (non-hydrogen) atoms. The van der Waals surface area contributed by atoms with Crippen molar-refractivity contribution in [3.8, 4) is 0 Å². The topological polar surface area (TPSA) is 104 Å². The quantitative estimate of drug-likeness (QED) is 0.451. The van der Waals surface area contributed by atoms with Gasteiger partial charge in [-0.3, -0.25) is 14.3 Å². The molecule has 2 aromatic rings. The lowest BCUT2D eigenvalue weighted by Crippen LogP contribution is -2.25. The summed E-state index contributed by atoms with van der Waals surface area (Å²) in [6.07, 6.45) is 3.35. The zero-order valence-electron chi connectivity index (χ0n) is 15.5. The first-order valence-corrected chi connectivity index (χ1v) is 11.0. The van der Waals surface area contributed by atoms with Gasteiger partial charge in [0.05, 0.1) is 21.8 Å². The number of thioether (sulfide) groups is 1. The minimum Gasteiger partial charge on any atom is -0.349 e. The zero-order chi connectivity index (χ0) is 20.7. The molecule has 0 aliphatic heterocycles. The number of rotatable bonds is 8. The molecule has 0 saturated carbocycles. The van der Waals surface area contributed by atoms with Crippen LogP contribution >= 0.6 is 11.8 Å². The monoisotopic (exact) mass is 419 g/mol. The molecule has 9 heteroatoms. The lowest BCUT2D eigenvalue weighted by atomic mass is 10.1. The Labute approximate surface area is 168 Å². The van der Waals surface area contributed by atoms with E-state index in [2.05, 4.69) is 21.9 Å². The summed E-state index contributed by atoms with van der Waals surface area (Å²) in [5, 5.41) is 5.25. The van der Waals surface area contributed by atoms with E-state index in [1.54, 1.807) is 18.2 Å². The molecule has 0 aliphatic carbocycles. The van der Waals surface area contributed by atoms with Gasteiger partial charge < -0.3 is 10.6 Å². The highest BCUT2D eigenvalue weighted by Crippen LogP contribution is 2.29. The van der Waals surface area contributed by atoms with Gasteiger partial charge in [0.25, 0.3) is 15.9 Å². The van der Waals surface area contributed by atoms with Crippen LogP contribution in [0, 0.1) is 0 Å². The molecule has 0 fully saturated rings. The van der Waals surface area contributed by atoms with E-state index in [1.807, 2.05) is 6.26 Å². The van der Waals surface area contributed by atoms with Crippen LogP contribution in [0.2, 0.25) is 0 Å². The molecule has 2 rings (SSSR count). The van der Waals surface area contributed by atoms with Crippen LogP contribution in [0.15, 0.2) is 64.9 Å². The molecule has 2 amide bonds. The summed E-state index contributed by atoms with van der Waals surface area (Å²) in [7, 11) is -3.98. The number of hydrogen-bond acceptors (Lipinski definition) is 5. The molecule has 0 unspecified atom stereocenters. The summed E-state index contributed by atoms with van der Waals surface area (Å²) in [6.45, 7) is 5.14. The Kier molecular flexibility index (Phi) is 7.24.